The van der Waals surface area contributed by atoms with E-state index in [0.29, 0.717) is 25.3 Å². The molecule has 1 heterocycles. The van der Waals surface area contributed by atoms with Crippen LogP contribution in [0.2, 0.25) is 0 Å². The largest absolute Gasteiger partial charge is 0.461 e. The van der Waals surface area contributed by atoms with Crippen LogP contribution in [0, 0.1) is 11.3 Å². The smallest absolute Gasteiger partial charge is 0.329 e. The minimum atomic E-state index is -0.719. The minimum Gasteiger partial charge on any atom is -0.461 e. The second kappa shape index (κ2) is 11.8. The number of amides is 1. The van der Waals surface area contributed by atoms with E-state index in [1.165, 1.54) is 29.7 Å². The number of likely N-dealkylation sites (tertiary alicyclic amines) is 1. The summed E-state index contributed by atoms with van der Waals surface area (Å²) in [5.41, 5.74) is 0.528. The number of hydrogen-bond acceptors (Lipinski definition) is 4. The monoisotopic (exact) mass is 455 g/mol. The lowest BCUT2D eigenvalue weighted by atomic mass is 9.83. The Labute approximate surface area is 199 Å². The molecule has 182 valence electrons. The summed E-state index contributed by atoms with van der Waals surface area (Å²) in [4.78, 5) is 40.8. The lowest BCUT2D eigenvalue weighted by molar-refractivity contribution is -0.166. The zero-order chi connectivity index (χ0) is 23.8. The molecule has 3 rings (SSSR count). The summed E-state index contributed by atoms with van der Waals surface area (Å²) in [6, 6.07) is 9.67. The predicted molar refractivity (Wildman–Crippen MR) is 130 cm³/mol. The molecule has 0 spiro atoms. The van der Waals surface area contributed by atoms with Gasteiger partial charge in [0.1, 0.15) is 12.1 Å². The summed E-state index contributed by atoms with van der Waals surface area (Å²) in [7, 11) is 0. The Morgan fingerprint density at radius 1 is 1.00 bits per heavy atom. The molecule has 5 heteroatoms. The van der Waals surface area contributed by atoms with Crippen LogP contribution in [-0.4, -0.2) is 41.3 Å². The van der Waals surface area contributed by atoms with Crippen molar-refractivity contribution in [3.05, 3.63) is 35.9 Å². The van der Waals surface area contributed by atoms with E-state index in [1.807, 2.05) is 25.1 Å². The molecule has 1 saturated heterocycles. The Balaban J connectivity index is 1.71. The summed E-state index contributed by atoms with van der Waals surface area (Å²) in [6.45, 7) is 5.96. The number of aryl methyl sites for hydroxylation is 1. The molecule has 1 aliphatic carbocycles. The van der Waals surface area contributed by atoms with Crippen molar-refractivity contribution < 1.29 is 19.1 Å². The number of ketones is 1. The topological polar surface area (TPSA) is 63.7 Å². The van der Waals surface area contributed by atoms with Crippen molar-refractivity contribution in [2.45, 2.75) is 104 Å². The van der Waals surface area contributed by atoms with E-state index in [1.54, 1.807) is 13.8 Å². The SMILES string of the molecule is CCC(C)(C)C(=O)C(=O)N1CCCC[C@H]1C(=O)OC(CCc1ccccc1)C1CCCCC1. The van der Waals surface area contributed by atoms with Crippen LogP contribution in [0.15, 0.2) is 30.3 Å². The molecule has 1 amide bonds. The lowest BCUT2D eigenvalue weighted by Crippen LogP contribution is -2.53. The fourth-order valence-corrected chi connectivity index (χ4v) is 5.08. The molecule has 1 saturated carbocycles. The molecule has 1 aromatic rings. The second-order valence-electron chi connectivity index (χ2n) is 10.5. The number of esters is 1. The first-order valence-electron chi connectivity index (χ1n) is 12.9. The fourth-order valence-electron chi connectivity index (χ4n) is 5.08. The van der Waals surface area contributed by atoms with Gasteiger partial charge in [-0.3, -0.25) is 9.59 Å². The zero-order valence-electron chi connectivity index (χ0n) is 20.7. The molecule has 2 fully saturated rings. The number of Topliss-reactive ketones (excluding diaryl/α,β-unsaturated/α-hetero) is 1. The van der Waals surface area contributed by atoms with Crippen LogP contribution in [0.5, 0.6) is 0 Å². The maximum absolute atomic E-state index is 13.4. The summed E-state index contributed by atoms with van der Waals surface area (Å²) >= 11 is 0. The molecule has 5 nitrogen and oxygen atoms in total. The quantitative estimate of drug-likeness (QED) is 0.364. The Hall–Kier alpha value is -2.17. The van der Waals surface area contributed by atoms with Crippen molar-refractivity contribution in [3.8, 4) is 0 Å². The Morgan fingerprint density at radius 3 is 2.33 bits per heavy atom. The number of carbonyl (C=O) groups excluding carboxylic acids is 3. The van der Waals surface area contributed by atoms with E-state index >= 15 is 0 Å². The normalized spacial score (nSPS) is 20.8. The first kappa shape index (κ1) is 25.5. The molecular weight excluding hydrogens is 414 g/mol. The van der Waals surface area contributed by atoms with Gasteiger partial charge in [-0.05, 0) is 62.8 Å². The van der Waals surface area contributed by atoms with Gasteiger partial charge in [0.25, 0.3) is 5.91 Å². The predicted octanol–water partition coefficient (Wildman–Crippen LogP) is 5.50. The van der Waals surface area contributed by atoms with Gasteiger partial charge < -0.3 is 9.64 Å². The van der Waals surface area contributed by atoms with Gasteiger partial charge in [-0.1, -0.05) is 70.4 Å². The summed E-state index contributed by atoms with van der Waals surface area (Å²) in [6.07, 6.45) is 10.1. The molecule has 2 atom stereocenters. The summed E-state index contributed by atoms with van der Waals surface area (Å²) in [5.74, 6) is -0.881. The number of ether oxygens (including phenoxy) is 1. The summed E-state index contributed by atoms with van der Waals surface area (Å²) in [5, 5.41) is 0. The van der Waals surface area contributed by atoms with Crippen LogP contribution < -0.4 is 0 Å². The lowest BCUT2D eigenvalue weighted by Gasteiger charge is -2.37. The van der Waals surface area contributed by atoms with E-state index in [0.717, 1.165) is 38.5 Å². The fraction of sp³-hybridized carbons (Fsp3) is 0.679. The van der Waals surface area contributed by atoms with E-state index in [9.17, 15) is 14.4 Å². The second-order valence-corrected chi connectivity index (χ2v) is 10.5. The van der Waals surface area contributed by atoms with Crippen LogP contribution in [0.1, 0.15) is 90.5 Å². The van der Waals surface area contributed by atoms with Crippen molar-refractivity contribution in [1.29, 1.82) is 0 Å². The first-order valence-corrected chi connectivity index (χ1v) is 12.9. The molecule has 1 aromatic carbocycles. The van der Waals surface area contributed by atoms with Crippen molar-refractivity contribution in [2.75, 3.05) is 6.54 Å². The van der Waals surface area contributed by atoms with Gasteiger partial charge in [-0.2, -0.15) is 0 Å². The van der Waals surface area contributed by atoms with Crippen LogP contribution in [0.4, 0.5) is 0 Å². The standard InChI is InChI=1S/C28H41NO4/c1-4-28(2,3)25(30)26(31)29-20-12-11-17-23(29)27(32)33-24(22-15-9-6-10-16-22)19-18-21-13-7-5-8-14-21/h5,7-8,13-14,22-24H,4,6,9-12,15-20H2,1-3H3/t23-,24?/m0/s1. The molecule has 1 aliphatic heterocycles. The van der Waals surface area contributed by atoms with Crippen molar-refractivity contribution in [3.63, 3.8) is 0 Å². The van der Waals surface area contributed by atoms with E-state index in [4.69, 9.17) is 4.74 Å². The van der Waals surface area contributed by atoms with Crippen LogP contribution >= 0.6 is 0 Å². The summed E-state index contributed by atoms with van der Waals surface area (Å²) < 4.78 is 6.18. The molecule has 1 unspecified atom stereocenters. The van der Waals surface area contributed by atoms with Gasteiger partial charge in [0.05, 0.1) is 0 Å². The molecule has 0 bridgehead atoms. The molecule has 0 N–H and O–H groups in total. The van der Waals surface area contributed by atoms with E-state index < -0.39 is 23.1 Å². The zero-order valence-corrected chi connectivity index (χ0v) is 20.7. The van der Waals surface area contributed by atoms with Gasteiger partial charge in [0.15, 0.2) is 0 Å². The number of rotatable bonds is 9. The molecular formula is C28H41NO4. The van der Waals surface area contributed by atoms with Crippen LogP contribution in [0.25, 0.3) is 0 Å². The third kappa shape index (κ3) is 6.68. The third-order valence-corrected chi connectivity index (χ3v) is 7.73. The van der Waals surface area contributed by atoms with Gasteiger partial charge in [-0.25, -0.2) is 4.79 Å². The van der Waals surface area contributed by atoms with Crippen LogP contribution in [0.3, 0.4) is 0 Å². The number of nitrogens with zero attached hydrogens (tertiary/aromatic N) is 1. The number of piperidine rings is 1. The van der Waals surface area contributed by atoms with Crippen molar-refractivity contribution in [2.24, 2.45) is 11.3 Å². The number of benzene rings is 1. The van der Waals surface area contributed by atoms with E-state index in [2.05, 4.69) is 12.1 Å². The van der Waals surface area contributed by atoms with Crippen molar-refractivity contribution >= 4 is 17.7 Å². The number of carbonyl (C=O) groups is 3. The maximum atomic E-state index is 13.4. The van der Waals surface area contributed by atoms with Gasteiger partial charge in [0, 0.05) is 12.0 Å². The van der Waals surface area contributed by atoms with Gasteiger partial charge in [0.2, 0.25) is 5.78 Å². The average Bonchev–Trinajstić information content (AvgIpc) is 2.86. The molecule has 33 heavy (non-hydrogen) atoms. The van der Waals surface area contributed by atoms with E-state index in [-0.39, 0.29) is 12.1 Å². The Kier molecular flexibility index (Phi) is 9.10. The van der Waals surface area contributed by atoms with Crippen LogP contribution in [-0.2, 0) is 25.5 Å². The van der Waals surface area contributed by atoms with Gasteiger partial charge in [-0.15, -0.1) is 0 Å². The molecule has 0 aromatic heterocycles. The minimum absolute atomic E-state index is 0.139. The highest BCUT2D eigenvalue weighted by Crippen LogP contribution is 2.32. The highest BCUT2D eigenvalue weighted by atomic mass is 16.5. The third-order valence-electron chi connectivity index (χ3n) is 7.73. The Morgan fingerprint density at radius 2 is 1.67 bits per heavy atom. The maximum Gasteiger partial charge on any atom is 0.329 e. The Bertz CT molecular complexity index is 797. The average molecular weight is 456 g/mol. The molecule has 0 radical (unpaired) electrons. The highest BCUT2D eigenvalue weighted by Gasteiger charge is 2.41. The first-order chi connectivity index (χ1) is 15.8. The highest BCUT2D eigenvalue weighted by molar-refractivity contribution is 6.38. The van der Waals surface area contributed by atoms with Crippen molar-refractivity contribution in [1.82, 2.24) is 4.90 Å². The number of hydrogen-bond donors (Lipinski definition) is 0. The molecule has 2 aliphatic rings. The van der Waals surface area contributed by atoms with Gasteiger partial charge >= 0.3 is 5.97 Å².